The summed E-state index contributed by atoms with van der Waals surface area (Å²) in [6.45, 7) is 2.89. The maximum atomic E-state index is 11.3. The van der Waals surface area contributed by atoms with Crippen LogP contribution in [0.25, 0.3) is 0 Å². The second-order valence-corrected chi connectivity index (χ2v) is 5.04. The first-order chi connectivity index (χ1) is 5.47. The van der Waals surface area contributed by atoms with Crippen LogP contribution >= 0.6 is 0 Å². The number of nitrogens with one attached hydrogen (secondary N) is 1. The fourth-order valence-corrected chi connectivity index (χ4v) is 2.33. The highest BCUT2D eigenvalue weighted by molar-refractivity contribution is 7.87. The smallest absolute Gasteiger partial charge is 0.279 e. The fourth-order valence-electron chi connectivity index (χ4n) is 1.27. The second-order valence-electron chi connectivity index (χ2n) is 3.17. The van der Waals surface area contributed by atoms with E-state index in [9.17, 15) is 8.42 Å². The minimum absolute atomic E-state index is 0.0341. The van der Waals surface area contributed by atoms with Crippen molar-refractivity contribution in [2.45, 2.75) is 13.0 Å². The van der Waals surface area contributed by atoms with Gasteiger partial charge in [0.15, 0.2) is 0 Å². The zero-order valence-electron chi connectivity index (χ0n) is 7.32. The number of nitrogens with zero attached hydrogens (tertiary/aromatic N) is 1. The van der Waals surface area contributed by atoms with Crippen molar-refractivity contribution in [3.63, 3.8) is 0 Å². The zero-order valence-corrected chi connectivity index (χ0v) is 8.13. The predicted octanol–water partition coefficient (Wildman–Crippen LogP) is -1.27. The van der Waals surface area contributed by atoms with Gasteiger partial charge < -0.3 is 5.73 Å². The van der Waals surface area contributed by atoms with Gasteiger partial charge in [-0.15, -0.1) is 0 Å². The van der Waals surface area contributed by atoms with Crippen LogP contribution in [-0.4, -0.2) is 38.9 Å². The van der Waals surface area contributed by atoms with Crippen molar-refractivity contribution in [2.24, 2.45) is 11.7 Å². The number of rotatable bonds is 2. The van der Waals surface area contributed by atoms with Gasteiger partial charge in [0.2, 0.25) is 0 Å². The molecule has 0 aliphatic carbocycles. The maximum absolute atomic E-state index is 11.3. The largest absolute Gasteiger partial charge is 0.326 e. The Labute approximate surface area is 73.1 Å². The molecule has 0 amide bonds. The molecule has 0 aromatic carbocycles. The van der Waals surface area contributed by atoms with Gasteiger partial charge in [0.05, 0.1) is 0 Å². The van der Waals surface area contributed by atoms with Gasteiger partial charge in [0.25, 0.3) is 10.2 Å². The first-order valence-corrected chi connectivity index (χ1v) is 5.35. The first-order valence-electron chi connectivity index (χ1n) is 3.91. The van der Waals surface area contributed by atoms with Gasteiger partial charge in [-0.25, -0.2) is 4.72 Å². The molecule has 1 heterocycles. The molecule has 1 saturated heterocycles. The number of nitrogens with two attached hydrogens (primary N) is 1. The number of hydrogen-bond donors (Lipinski definition) is 2. The van der Waals surface area contributed by atoms with Crippen LogP contribution in [0.5, 0.6) is 0 Å². The van der Waals surface area contributed by atoms with E-state index in [0.29, 0.717) is 13.1 Å². The van der Waals surface area contributed by atoms with Gasteiger partial charge >= 0.3 is 0 Å². The summed E-state index contributed by atoms with van der Waals surface area (Å²) in [5, 5.41) is 0. The maximum Gasteiger partial charge on any atom is 0.279 e. The van der Waals surface area contributed by atoms with Crippen molar-refractivity contribution >= 4 is 10.2 Å². The lowest BCUT2D eigenvalue weighted by Crippen LogP contribution is -2.38. The Morgan fingerprint density at radius 1 is 1.50 bits per heavy atom. The van der Waals surface area contributed by atoms with Crippen LogP contribution in [0.2, 0.25) is 0 Å². The molecular weight excluding hydrogens is 178 g/mol. The Morgan fingerprint density at radius 3 is 2.42 bits per heavy atom. The third-order valence-corrected chi connectivity index (χ3v) is 3.73. The molecule has 72 valence electrons. The van der Waals surface area contributed by atoms with Crippen LogP contribution in [0, 0.1) is 5.92 Å². The van der Waals surface area contributed by atoms with Crippen LogP contribution in [-0.2, 0) is 10.2 Å². The topological polar surface area (TPSA) is 75.4 Å². The Bertz CT molecular complexity index is 242. The molecule has 0 aromatic heterocycles. The summed E-state index contributed by atoms with van der Waals surface area (Å²) in [5.41, 5.74) is 5.69. The summed E-state index contributed by atoms with van der Waals surface area (Å²) in [4.78, 5) is 0. The molecule has 1 aliphatic heterocycles. The quantitative estimate of drug-likeness (QED) is 0.574. The minimum atomic E-state index is -3.26. The molecule has 5 nitrogen and oxygen atoms in total. The molecular formula is C6H15N3O2S. The first kappa shape index (κ1) is 9.91. The van der Waals surface area contributed by atoms with Gasteiger partial charge in [-0.1, -0.05) is 6.92 Å². The van der Waals surface area contributed by atoms with Gasteiger partial charge in [-0.3, -0.25) is 0 Å². The predicted molar refractivity (Wildman–Crippen MR) is 46.7 cm³/mol. The Hall–Kier alpha value is -0.170. The van der Waals surface area contributed by atoms with Crippen LogP contribution in [0.4, 0.5) is 0 Å². The summed E-state index contributed by atoms with van der Waals surface area (Å²) in [6, 6.07) is -0.0341. The molecule has 0 spiro atoms. The number of hydrogen-bond acceptors (Lipinski definition) is 3. The van der Waals surface area contributed by atoms with Crippen molar-refractivity contribution in [1.29, 1.82) is 0 Å². The van der Waals surface area contributed by atoms with Crippen LogP contribution in [0.3, 0.4) is 0 Å². The minimum Gasteiger partial charge on any atom is -0.326 e. The average molecular weight is 193 g/mol. The molecule has 0 saturated carbocycles. The van der Waals surface area contributed by atoms with E-state index in [1.54, 1.807) is 0 Å². The third-order valence-electron chi connectivity index (χ3n) is 2.23. The molecule has 0 bridgehead atoms. The standard InChI is InChI=1S/C6H15N3O2S/c1-5-3-9(4-6(5)7)12(10,11)8-2/h5-6,8H,3-4,7H2,1-2H3. The van der Waals surface area contributed by atoms with E-state index >= 15 is 0 Å². The van der Waals surface area contributed by atoms with Gasteiger partial charge in [0.1, 0.15) is 0 Å². The van der Waals surface area contributed by atoms with E-state index in [1.807, 2.05) is 6.92 Å². The van der Waals surface area contributed by atoms with Crippen molar-refractivity contribution in [2.75, 3.05) is 20.1 Å². The summed E-state index contributed by atoms with van der Waals surface area (Å²) in [6.07, 6.45) is 0. The Balaban J connectivity index is 2.70. The van der Waals surface area contributed by atoms with Crippen LogP contribution < -0.4 is 10.5 Å². The lowest BCUT2D eigenvalue weighted by atomic mass is 10.1. The summed E-state index contributed by atoms with van der Waals surface area (Å²) >= 11 is 0. The summed E-state index contributed by atoms with van der Waals surface area (Å²) in [5.74, 6) is 0.244. The van der Waals surface area contributed by atoms with Crippen molar-refractivity contribution in [3.05, 3.63) is 0 Å². The normalized spacial score (nSPS) is 32.6. The Kier molecular flexibility index (Phi) is 2.72. The summed E-state index contributed by atoms with van der Waals surface area (Å²) < 4.78 is 26.1. The molecule has 0 radical (unpaired) electrons. The molecule has 6 heteroatoms. The van der Waals surface area contributed by atoms with E-state index in [1.165, 1.54) is 11.4 Å². The molecule has 1 aliphatic rings. The lowest BCUT2D eigenvalue weighted by molar-refractivity contribution is 0.457. The van der Waals surface area contributed by atoms with Crippen LogP contribution in [0.1, 0.15) is 6.92 Å². The molecule has 0 aromatic rings. The monoisotopic (exact) mass is 193 g/mol. The highest BCUT2D eigenvalue weighted by Gasteiger charge is 2.33. The van der Waals surface area contributed by atoms with Crippen molar-refractivity contribution < 1.29 is 8.42 Å². The SMILES string of the molecule is CNS(=O)(=O)N1CC(C)C(N)C1. The highest BCUT2D eigenvalue weighted by Crippen LogP contribution is 2.16. The van der Waals surface area contributed by atoms with Gasteiger partial charge in [0, 0.05) is 26.2 Å². The van der Waals surface area contributed by atoms with E-state index in [2.05, 4.69) is 4.72 Å². The van der Waals surface area contributed by atoms with Crippen LogP contribution in [0.15, 0.2) is 0 Å². The summed E-state index contributed by atoms with van der Waals surface area (Å²) in [7, 11) is -1.85. The second kappa shape index (κ2) is 3.29. The van der Waals surface area contributed by atoms with Gasteiger partial charge in [-0.2, -0.15) is 12.7 Å². The van der Waals surface area contributed by atoms with Gasteiger partial charge in [-0.05, 0) is 5.92 Å². The molecule has 1 rings (SSSR count). The highest BCUT2D eigenvalue weighted by atomic mass is 32.2. The average Bonchev–Trinajstić information content (AvgIpc) is 2.33. The Morgan fingerprint density at radius 2 is 2.08 bits per heavy atom. The van der Waals surface area contributed by atoms with E-state index < -0.39 is 10.2 Å². The zero-order chi connectivity index (χ0) is 9.35. The van der Waals surface area contributed by atoms with Crippen molar-refractivity contribution in [1.82, 2.24) is 9.03 Å². The van der Waals surface area contributed by atoms with E-state index in [-0.39, 0.29) is 12.0 Å². The fraction of sp³-hybridized carbons (Fsp3) is 1.00. The molecule has 12 heavy (non-hydrogen) atoms. The third kappa shape index (κ3) is 1.77. The van der Waals surface area contributed by atoms with E-state index in [4.69, 9.17) is 5.73 Å². The lowest BCUT2D eigenvalue weighted by Gasteiger charge is -2.13. The molecule has 2 atom stereocenters. The van der Waals surface area contributed by atoms with E-state index in [0.717, 1.165) is 0 Å². The molecule has 1 fully saturated rings. The molecule has 2 unspecified atom stereocenters. The molecule has 3 N–H and O–H groups in total. The van der Waals surface area contributed by atoms with Crippen molar-refractivity contribution in [3.8, 4) is 0 Å².